The van der Waals surface area contributed by atoms with Gasteiger partial charge in [-0.25, -0.2) is 8.78 Å². The molecule has 0 aliphatic carbocycles. The molecule has 0 spiro atoms. The van der Waals surface area contributed by atoms with Crippen LogP contribution in [0.25, 0.3) is 0 Å². The van der Waals surface area contributed by atoms with Crippen LogP contribution in [0.4, 0.5) is 8.78 Å². The van der Waals surface area contributed by atoms with Crippen molar-refractivity contribution < 1.29 is 13.6 Å². The van der Waals surface area contributed by atoms with Gasteiger partial charge in [0.1, 0.15) is 11.6 Å². The quantitative estimate of drug-likeness (QED) is 0.863. The lowest BCUT2D eigenvalue weighted by molar-refractivity contribution is 0.103. The highest BCUT2D eigenvalue weighted by Gasteiger charge is 2.20. The van der Waals surface area contributed by atoms with Crippen LogP contribution < -0.4 is 5.73 Å². The Morgan fingerprint density at radius 2 is 1.74 bits per heavy atom. The second kappa shape index (κ2) is 5.28. The lowest BCUT2D eigenvalue weighted by Crippen LogP contribution is -2.09. The SMILES string of the molecule is Cc1ccc(F)c(C(=O)c2ccc(CN)cc2)c1F. The van der Waals surface area contributed by atoms with Crippen molar-refractivity contribution in [1.29, 1.82) is 0 Å². The van der Waals surface area contributed by atoms with Gasteiger partial charge in [0.25, 0.3) is 0 Å². The number of halogens is 2. The van der Waals surface area contributed by atoms with E-state index in [1.807, 2.05) is 0 Å². The maximum Gasteiger partial charge on any atom is 0.198 e. The first-order valence-corrected chi connectivity index (χ1v) is 5.83. The summed E-state index contributed by atoms with van der Waals surface area (Å²) < 4.78 is 27.5. The summed E-state index contributed by atoms with van der Waals surface area (Å²) >= 11 is 0. The summed E-state index contributed by atoms with van der Waals surface area (Å²) in [6, 6.07) is 8.77. The van der Waals surface area contributed by atoms with Crippen molar-refractivity contribution in [3.63, 3.8) is 0 Å². The molecule has 4 heteroatoms. The number of hydrogen-bond donors (Lipinski definition) is 1. The fourth-order valence-electron chi connectivity index (χ4n) is 1.80. The first-order chi connectivity index (χ1) is 9.04. The average Bonchev–Trinajstić information content (AvgIpc) is 2.43. The van der Waals surface area contributed by atoms with Gasteiger partial charge < -0.3 is 5.73 Å². The van der Waals surface area contributed by atoms with Crippen LogP contribution in [0, 0.1) is 18.6 Å². The average molecular weight is 261 g/mol. The summed E-state index contributed by atoms with van der Waals surface area (Å²) in [5, 5.41) is 0. The van der Waals surface area contributed by atoms with Crippen LogP contribution in [-0.4, -0.2) is 5.78 Å². The number of hydrogen-bond acceptors (Lipinski definition) is 2. The lowest BCUT2D eigenvalue weighted by atomic mass is 9.99. The zero-order valence-corrected chi connectivity index (χ0v) is 10.4. The highest BCUT2D eigenvalue weighted by Crippen LogP contribution is 2.20. The van der Waals surface area contributed by atoms with Crippen LogP contribution in [0.15, 0.2) is 36.4 Å². The molecule has 0 aliphatic rings. The molecule has 0 fully saturated rings. The van der Waals surface area contributed by atoms with E-state index in [1.54, 1.807) is 12.1 Å². The molecule has 0 atom stereocenters. The highest BCUT2D eigenvalue weighted by atomic mass is 19.1. The summed E-state index contributed by atoms with van der Waals surface area (Å²) in [7, 11) is 0. The van der Waals surface area contributed by atoms with E-state index in [2.05, 4.69) is 0 Å². The monoisotopic (exact) mass is 261 g/mol. The molecule has 2 aromatic carbocycles. The Morgan fingerprint density at radius 3 is 2.32 bits per heavy atom. The minimum absolute atomic E-state index is 0.237. The van der Waals surface area contributed by atoms with Gasteiger partial charge in [-0.15, -0.1) is 0 Å². The van der Waals surface area contributed by atoms with Gasteiger partial charge in [0.05, 0.1) is 5.56 Å². The molecule has 0 saturated heterocycles. The van der Waals surface area contributed by atoms with Gasteiger partial charge in [0.2, 0.25) is 0 Å². The predicted octanol–water partition coefficient (Wildman–Crippen LogP) is 2.96. The molecule has 0 heterocycles. The summed E-state index contributed by atoms with van der Waals surface area (Å²) in [5.74, 6) is -2.33. The molecule has 0 radical (unpaired) electrons. The maximum atomic E-state index is 13.9. The van der Waals surface area contributed by atoms with Crippen LogP contribution in [0.1, 0.15) is 27.0 Å². The molecule has 19 heavy (non-hydrogen) atoms. The summed E-state index contributed by atoms with van der Waals surface area (Å²) in [4.78, 5) is 12.1. The van der Waals surface area contributed by atoms with Crippen molar-refractivity contribution in [2.75, 3.05) is 0 Å². The Labute approximate surface area is 109 Å². The molecule has 0 unspecified atom stereocenters. The van der Waals surface area contributed by atoms with Gasteiger partial charge in [-0.1, -0.05) is 30.3 Å². The molecule has 98 valence electrons. The number of benzene rings is 2. The smallest absolute Gasteiger partial charge is 0.198 e. The first kappa shape index (κ1) is 13.4. The maximum absolute atomic E-state index is 13.9. The number of carbonyl (C=O) groups excluding carboxylic acids is 1. The van der Waals surface area contributed by atoms with Crippen molar-refractivity contribution in [2.45, 2.75) is 13.5 Å². The Balaban J connectivity index is 2.46. The first-order valence-electron chi connectivity index (χ1n) is 5.83. The van der Waals surface area contributed by atoms with Gasteiger partial charge in [-0.2, -0.15) is 0 Å². The molecule has 0 aliphatic heterocycles. The van der Waals surface area contributed by atoms with Crippen LogP contribution in [0.3, 0.4) is 0 Å². The molecule has 0 bridgehead atoms. The normalized spacial score (nSPS) is 10.5. The number of rotatable bonds is 3. The van der Waals surface area contributed by atoms with E-state index in [0.29, 0.717) is 6.54 Å². The van der Waals surface area contributed by atoms with E-state index in [-0.39, 0.29) is 11.1 Å². The number of ketones is 1. The fourth-order valence-corrected chi connectivity index (χ4v) is 1.80. The van der Waals surface area contributed by atoms with Crippen molar-refractivity contribution in [3.05, 3.63) is 70.3 Å². The van der Waals surface area contributed by atoms with Crippen LogP contribution in [0.5, 0.6) is 0 Å². The molecule has 0 aromatic heterocycles. The van der Waals surface area contributed by atoms with Crippen LogP contribution >= 0.6 is 0 Å². The van der Waals surface area contributed by atoms with Crippen LogP contribution in [0.2, 0.25) is 0 Å². The minimum Gasteiger partial charge on any atom is -0.326 e. The van der Waals surface area contributed by atoms with Crippen molar-refractivity contribution in [3.8, 4) is 0 Å². The summed E-state index contributed by atoms with van der Waals surface area (Å²) in [6.45, 7) is 1.84. The summed E-state index contributed by atoms with van der Waals surface area (Å²) in [5.41, 5.74) is 6.26. The van der Waals surface area contributed by atoms with E-state index < -0.39 is 23.0 Å². The fraction of sp³-hybridized carbons (Fsp3) is 0.133. The summed E-state index contributed by atoms with van der Waals surface area (Å²) in [6.07, 6.45) is 0. The Bertz CT molecular complexity index is 621. The van der Waals surface area contributed by atoms with Gasteiger partial charge in [-0.3, -0.25) is 4.79 Å². The van der Waals surface area contributed by atoms with Crippen LogP contribution in [-0.2, 0) is 6.54 Å². The molecule has 2 N–H and O–H groups in total. The largest absolute Gasteiger partial charge is 0.326 e. The molecule has 0 amide bonds. The van der Waals surface area contributed by atoms with E-state index >= 15 is 0 Å². The standard InChI is InChI=1S/C15H13F2NO/c1-9-2-7-12(16)13(14(9)17)15(19)11-5-3-10(8-18)4-6-11/h2-7H,8,18H2,1H3. The minimum atomic E-state index is -0.851. The topological polar surface area (TPSA) is 43.1 Å². The third-order valence-electron chi connectivity index (χ3n) is 2.96. The zero-order chi connectivity index (χ0) is 14.0. The van der Waals surface area contributed by atoms with Crippen molar-refractivity contribution >= 4 is 5.78 Å². The molecule has 0 saturated carbocycles. The lowest BCUT2D eigenvalue weighted by Gasteiger charge is -2.07. The number of aryl methyl sites for hydroxylation is 1. The molecule has 2 nitrogen and oxygen atoms in total. The van der Waals surface area contributed by atoms with E-state index in [9.17, 15) is 13.6 Å². The van der Waals surface area contributed by atoms with Gasteiger partial charge in [-0.05, 0) is 24.1 Å². The van der Waals surface area contributed by atoms with Gasteiger partial charge in [0, 0.05) is 12.1 Å². The molecule has 2 aromatic rings. The second-order valence-corrected chi connectivity index (χ2v) is 4.28. The van der Waals surface area contributed by atoms with Crippen molar-refractivity contribution in [1.82, 2.24) is 0 Å². The second-order valence-electron chi connectivity index (χ2n) is 4.28. The third kappa shape index (κ3) is 2.53. The third-order valence-corrected chi connectivity index (χ3v) is 2.96. The Morgan fingerprint density at radius 1 is 1.11 bits per heavy atom. The number of nitrogens with two attached hydrogens (primary N) is 1. The molecular weight excluding hydrogens is 248 g/mol. The molecular formula is C15H13F2NO. The van der Waals surface area contributed by atoms with Crippen molar-refractivity contribution in [2.24, 2.45) is 5.73 Å². The Kier molecular flexibility index (Phi) is 3.71. The van der Waals surface area contributed by atoms with E-state index in [1.165, 1.54) is 25.1 Å². The van der Waals surface area contributed by atoms with E-state index in [0.717, 1.165) is 11.6 Å². The molecule has 2 rings (SSSR count). The highest BCUT2D eigenvalue weighted by molar-refractivity contribution is 6.09. The predicted molar refractivity (Wildman–Crippen MR) is 68.9 cm³/mol. The van der Waals surface area contributed by atoms with E-state index in [4.69, 9.17) is 5.73 Å². The van der Waals surface area contributed by atoms with Gasteiger partial charge in [0.15, 0.2) is 5.78 Å². The number of carbonyl (C=O) groups is 1. The Hall–Kier alpha value is -2.07. The van der Waals surface area contributed by atoms with Gasteiger partial charge >= 0.3 is 0 Å². The zero-order valence-electron chi connectivity index (χ0n) is 10.4.